The molecule has 0 atom stereocenters. The number of phenols is 1. The third-order valence-electron chi connectivity index (χ3n) is 2.69. The van der Waals surface area contributed by atoms with Gasteiger partial charge in [-0.1, -0.05) is 30.3 Å². The first-order valence-corrected chi connectivity index (χ1v) is 5.92. The number of benzene rings is 2. The van der Waals surface area contributed by atoms with E-state index in [-0.39, 0.29) is 6.61 Å². The summed E-state index contributed by atoms with van der Waals surface area (Å²) in [4.78, 5) is 11.6. The fourth-order valence-corrected chi connectivity index (χ4v) is 1.69. The van der Waals surface area contributed by atoms with Crippen molar-refractivity contribution in [3.05, 3.63) is 65.2 Å². The van der Waals surface area contributed by atoms with Crippen LogP contribution in [0.2, 0.25) is 0 Å². The summed E-state index contributed by atoms with van der Waals surface area (Å²) in [6.07, 6.45) is -0.523. The van der Waals surface area contributed by atoms with Gasteiger partial charge in [-0.25, -0.2) is 8.78 Å². The molecule has 0 saturated heterocycles. The lowest BCUT2D eigenvalue weighted by molar-refractivity contribution is -0.144. The van der Waals surface area contributed by atoms with Crippen molar-refractivity contribution in [2.24, 2.45) is 0 Å². The first kappa shape index (κ1) is 14.0. The van der Waals surface area contributed by atoms with Gasteiger partial charge in [-0.15, -0.1) is 0 Å². The lowest BCUT2D eigenvalue weighted by atomic mass is 10.1. The number of ether oxygens (including phenoxy) is 1. The van der Waals surface area contributed by atoms with Crippen LogP contribution >= 0.6 is 0 Å². The fourth-order valence-electron chi connectivity index (χ4n) is 1.69. The molecule has 0 aliphatic rings. The molecule has 2 aromatic rings. The first-order chi connectivity index (χ1) is 9.56. The quantitative estimate of drug-likeness (QED) is 0.875. The second-order valence-corrected chi connectivity index (χ2v) is 4.21. The van der Waals surface area contributed by atoms with Gasteiger partial charge in [-0.05, 0) is 5.56 Å². The molecule has 2 aromatic carbocycles. The molecular weight excluding hydrogens is 266 g/mol. The highest BCUT2D eigenvalue weighted by atomic mass is 19.1. The second kappa shape index (κ2) is 6.14. The van der Waals surface area contributed by atoms with Gasteiger partial charge in [0.05, 0.1) is 6.42 Å². The van der Waals surface area contributed by atoms with Crippen LogP contribution in [0.1, 0.15) is 11.1 Å². The van der Waals surface area contributed by atoms with E-state index in [0.717, 1.165) is 17.7 Å². The van der Waals surface area contributed by atoms with E-state index in [0.29, 0.717) is 0 Å². The van der Waals surface area contributed by atoms with Crippen LogP contribution in [-0.4, -0.2) is 11.1 Å². The number of hydrogen-bond donors (Lipinski definition) is 1. The molecule has 5 heteroatoms. The van der Waals surface area contributed by atoms with Crippen LogP contribution in [-0.2, 0) is 22.6 Å². The Labute approximate surface area is 114 Å². The zero-order valence-corrected chi connectivity index (χ0v) is 10.5. The monoisotopic (exact) mass is 278 g/mol. The van der Waals surface area contributed by atoms with Crippen molar-refractivity contribution in [2.75, 3.05) is 0 Å². The summed E-state index contributed by atoms with van der Waals surface area (Å²) in [5.74, 6) is -3.21. The van der Waals surface area contributed by atoms with Gasteiger partial charge in [-0.2, -0.15) is 0 Å². The molecule has 0 bridgehead atoms. The number of phenolic OH excluding ortho intramolecular Hbond substituents is 1. The summed E-state index contributed by atoms with van der Waals surface area (Å²) in [6.45, 7) is 0.0427. The zero-order valence-electron chi connectivity index (χ0n) is 10.5. The molecule has 0 amide bonds. The minimum absolute atomic E-state index is 0.0427. The molecule has 2 rings (SSSR count). The Bertz CT molecular complexity index is 589. The van der Waals surface area contributed by atoms with Crippen molar-refractivity contribution < 1.29 is 23.4 Å². The predicted molar refractivity (Wildman–Crippen MR) is 68.0 cm³/mol. The van der Waals surface area contributed by atoms with E-state index in [1.807, 2.05) is 6.07 Å². The smallest absolute Gasteiger partial charge is 0.310 e. The Morgan fingerprint density at radius 2 is 1.70 bits per heavy atom. The van der Waals surface area contributed by atoms with E-state index in [4.69, 9.17) is 9.84 Å². The Hall–Kier alpha value is -2.43. The first-order valence-electron chi connectivity index (χ1n) is 5.92. The average Bonchev–Trinajstić information content (AvgIpc) is 2.42. The molecule has 1 N–H and O–H groups in total. The van der Waals surface area contributed by atoms with Gasteiger partial charge >= 0.3 is 5.97 Å². The summed E-state index contributed by atoms with van der Waals surface area (Å²) < 4.78 is 31.8. The maximum Gasteiger partial charge on any atom is 0.310 e. The van der Waals surface area contributed by atoms with Crippen molar-refractivity contribution in [1.29, 1.82) is 0 Å². The molecule has 3 nitrogen and oxygen atoms in total. The van der Waals surface area contributed by atoms with Crippen molar-refractivity contribution in [3.8, 4) is 5.75 Å². The summed E-state index contributed by atoms with van der Waals surface area (Å²) in [5.41, 5.74) is 0.369. The number of halogens is 2. The van der Waals surface area contributed by atoms with Crippen LogP contribution in [0.4, 0.5) is 8.78 Å². The number of hydrogen-bond acceptors (Lipinski definition) is 3. The minimum atomic E-state index is -0.973. The van der Waals surface area contributed by atoms with Crippen molar-refractivity contribution in [1.82, 2.24) is 0 Å². The maximum atomic E-state index is 13.4. The standard InChI is InChI=1S/C15H12F2O3/c16-13-6-11(18)7-14(17)12(13)8-15(19)20-9-10-4-2-1-3-5-10/h1-7,18H,8-9H2. The molecule has 0 spiro atoms. The van der Waals surface area contributed by atoms with E-state index in [9.17, 15) is 13.6 Å². The van der Waals surface area contributed by atoms with Gasteiger partial charge < -0.3 is 9.84 Å². The number of esters is 1. The van der Waals surface area contributed by atoms with E-state index >= 15 is 0 Å². The van der Waals surface area contributed by atoms with Crippen molar-refractivity contribution in [3.63, 3.8) is 0 Å². The zero-order chi connectivity index (χ0) is 14.5. The highest BCUT2D eigenvalue weighted by Crippen LogP contribution is 2.20. The molecule has 0 unspecified atom stereocenters. The Balaban J connectivity index is 1.98. The molecule has 0 aliphatic carbocycles. The second-order valence-electron chi connectivity index (χ2n) is 4.21. The van der Waals surface area contributed by atoms with Crippen molar-refractivity contribution >= 4 is 5.97 Å². The molecule has 20 heavy (non-hydrogen) atoms. The highest BCUT2D eigenvalue weighted by Gasteiger charge is 2.15. The minimum Gasteiger partial charge on any atom is -0.508 e. The summed E-state index contributed by atoms with van der Waals surface area (Å²) in [6, 6.07) is 10.5. The molecule has 0 aliphatic heterocycles. The largest absolute Gasteiger partial charge is 0.508 e. The van der Waals surface area contributed by atoms with E-state index in [2.05, 4.69) is 0 Å². The molecule has 104 valence electrons. The lowest BCUT2D eigenvalue weighted by Crippen LogP contribution is -2.10. The Morgan fingerprint density at radius 3 is 2.30 bits per heavy atom. The number of carbonyl (C=O) groups is 1. The average molecular weight is 278 g/mol. The topological polar surface area (TPSA) is 46.5 Å². The van der Waals surface area contributed by atoms with Crippen LogP contribution in [0.15, 0.2) is 42.5 Å². The fraction of sp³-hybridized carbons (Fsp3) is 0.133. The number of aromatic hydroxyl groups is 1. The van der Waals surface area contributed by atoms with Gasteiger partial charge in [0, 0.05) is 17.7 Å². The maximum absolute atomic E-state index is 13.4. The van der Waals surface area contributed by atoms with Gasteiger partial charge in [0.1, 0.15) is 24.0 Å². The summed E-state index contributed by atoms with van der Waals surface area (Å²) in [7, 11) is 0. The van der Waals surface area contributed by atoms with Gasteiger partial charge in [-0.3, -0.25) is 4.79 Å². The van der Waals surface area contributed by atoms with Gasteiger partial charge in [0.25, 0.3) is 0 Å². The lowest BCUT2D eigenvalue weighted by Gasteiger charge is -2.07. The predicted octanol–water partition coefficient (Wildman–Crippen LogP) is 2.96. The summed E-state index contributed by atoms with van der Waals surface area (Å²) >= 11 is 0. The molecular formula is C15H12F2O3. The molecule has 0 heterocycles. The van der Waals surface area contributed by atoms with Gasteiger partial charge in [0.15, 0.2) is 0 Å². The normalized spacial score (nSPS) is 10.3. The van der Waals surface area contributed by atoms with E-state index in [1.54, 1.807) is 24.3 Å². The van der Waals surface area contributed by atoms with Gasteiger partial charge in [0.2, 0.25) is 0 Å². The Morgan fingerprint density at radius 1 is 1.10 bits per heavy atom. The SMILES string of the molecule is O=C(Cc1c(F)cc(O)cc1F)OCc1ccccc1. The third-order valence-corrected chi connectivity index (χ3v) is 2.69. The van der Waals surface area contributed by atoms with Crippen LogP contribution in [0, 0.1) is 11.6 Å². The molecule has 0 radical (unpaired) electrons. The number of rotatable bonds is 4. The van der Waals surface area contributed by atoms with Crippen molar-refractivity contribution in [2.45, 2.75) is 13.0 Å². The Kier molecular flexibility index (Phi) is 4.30. The van der Waals surface area contributed by atoms with Crippen LogP contribution < -0.4 is 0 Å². The molecule has 0 aromatic heterocycles. The molecule has 0 fully saturated rings. The van der Waals surface area contributed by atoms with E-state index < -0.39 is 35.3 Å². The van der Waals surface area contributed by atoms with E-state index in [1.165, 1.54) is 0 Å². The van der Waals surface area contributed by atoms with Crippen LogP contribution in [0.5, 0.6) is 5.75 Å². The van der Waals surface area contributed by atoms with Crippen LogP contribution in [0.25, 0.3) is 0 Å². The summed E-state index contributed by atoms with van der Waals surface area (Å²) in [5, 5.41) is 9.01. The number of carbonyl (C=O) groups excluding carboxylic acids is 1. The van der Waals surface area contributed by atoms with Crippen LogP contribution in [0.3, 0.4) is 0 Å². The highest BCUT2D eigenvalue weighted by molar-refractivity contribution is 5.72. The molecule has 0 saturated carbocycles. The third kappa shape index (κ3) is 3.54.